The van der Waals surface area contributed by atoms with Crippen LogP contribution < -0.4 is 5.32 Å². The van der Waals surface area contributed by atoms with Crippen LogP contribution in [0.2, 0.25) is 0 Å². The number of hydrogen-bond acceptors (Lipinski definition) is 4. The molecule has 1 N–H and O–H groups in total. The lowest BCUT2D eigenvalue weighted by Crippen LogP contribution is -2.57. The van der Waals surface area contributed by atoms with Crippen LogP contribution in [0.25, 0.3) is 6.08 Å². The summed E-state index contributed by atoms with van der Waals surface area (Å²) in [4.78, 5) is 25.9. The third kappa shape index (κ3) is 4.91. The lowest BCUT2D eigenvalue weighted by atomic mass is 9.97. The molecule has 0 radical (unpaired) electrons. The second-order valence-corrected chi connectivity index (χ2v) is 5.82. The van der Waals surface area contributed by atoms with Gasteiger partial charge in [-0.1, -0.05) is 30.3 Å². The van der Waals surface area contributed by atoms with E-state index in [1.54, 1.807) is 31.2 Å². The summed E-state index contributed by atoms with van der Waals surface area (Å²) in [5, 5.41) is 2.59. The molecule has 1 unspecified atom stereocenters. The normalized spacial score (nSPS) is 21.0. The number of methoxy groups -OCH3 is 1. The Kier molecular flexibility index (Phi) is 6.52. The van der Waals surface area contributed by atoms with E-state index in [1.807, 2.05) is 30.3 Å². The van der Waals surface area contributed by atoms with Gasteiger partial charge >= 0.3 is 0 Å². The molecule has 24 heavy (non-hydrogen) atoms. The fraction of sp³-hybridized carbons (Fsp3) is 0.444. The van der Waals surface area contributed by atoms with Crippen LogP contribution in [-0.4, -0.2) is 62.8 Å². The van der Waals surface area contributed by atoms with Crippen molar-refractivity contribution in [3.63, 3.8) is 0 Å². The molecular formula is C18H24N2O4. The largest absolute Gasteiger partial charge is 0.382 e. The molecule has 1 aliphatic rings. The van der Waals surface area contributed by atoms with E-state index in [0.717, 1.165) is 5.56 Å². The van der Waals surface area contributed by atoms with E-state index in [1.165, 1.54) is 0 Å². The molecule has 1 aromatic rings. The molecule has 6 nitrogen and oxygen atoms in total. The summed E-state index contributed by atoms with van der Waals surface area (Å²) in [6.45, 7) is 1.46. The second kappa shape index (κ2) is 8.61. The highest BCUT2D eigenvalue weighted by Crippen LogP contribution is 2.23. The first-order chi connectivity index (χ1) is 11.6. The van der Waals surface area contributed by atoms with Crippen LogP contribution in [0.4, 0.5) is 0 Å². The number of carbonyl (C=O) groups excluding carboxylic acids is 2. The topological polar surface area (TPSA) is 67.9 Å². The van der Waals surface area contributed by atoms with Crippen molar-refractivity contribution in [1.82, 2.24) is 10.2 Å². The van der Waals surface area contributed by atoms with E-state index >= 15 is 0 Å². The first kappa shape index (κ1) is 18.2. The standard InChI is InChI=1S/C18H24N2O4/c1-19-16(21)12-18(14-23-2)13-20(10-11-24-18)17(22)9-8-15-6-4-3-5-7-15/h3-9H,10-14H2,1-2H3,(H,19,21)/b9-8+. The van der Waals surface area contributed by atoms with Gasteiger partial charge in [-0.3, -0.25) is 9.59 Å². The molecule has 2 rings (SSSR count). The number of ether oxygens (including phenoxy) is 2. The van der Waals surface area contributed by atoms with Gasteiger partial charge < -0.3 is 19.7 Å². The summed E-state index contributed by atoms with van der Waals surface area (Å²) in [5.41, 5.74) is 0.163. The quantitative estimate of drug-likeness (QED) is 0.792. The van der Waals surface area contributed by atoms with Crippen molar-refractivity contribution < 1.29 is 19.1 Å². The maximum atomic E-state index is 12.5. The molecule has 6 heteroatoms. The van der Waals surface area contributed by atoms with Gasteiger partial charge in [0, 0.05) is 26.8 Å². The minimum Gasteiger partial charge on any atom is -0.382 e. The molecule has 1 aromatic carbocycles. The minimum atomic E-state index is -0.802. The second-order valence-electron chi connectivity index (χ2n) is 5.82. The number of rotatable bonds is 6. The first-order valence-electron chi connectivity index (χ1n) is 7.94. The summed E-state index contributed by atoms with van der Waals surface area (Å²) < 4.78 is 11.0. The predicted molar refractivity (Wildman–Crippen MR) is 91.3 cm³/mol. The summed E-state index contributed by atoms with van der Waals surface area (Å²) >= 11 is 0. The number of nitrogens with one attached hydrogen (secondary N) is 1. The Morgan fingerprint density at radius 1 is 1.38 bits per heavy atom. The van der Waals surface area contributed by atoms with Crippen molar-refractivity contribution in [1.29, 1.82) is 0 Å². The van der Waals surface area contributed by atoms with Crippen LogP contribution in [0.15, 0.2) is 36.4 Å². The Balaban J connectivity index is 2.05. The van der Waals surface area contributed by atoms with Crippen LogP contribution in [0.3, 0.4) is 0 Å². The summed E-state index contributed by atoms with van der Waals surface area (Å²) in [6, 6.07) is 9.64. The van der Waals surface area contributed by atoms with E-state index < -0.39 is 5.60 Å². The number of nitrogens with zero attached hydrogens (tertiary/aromatic N) is 1. The van der Waals surface area contributed by atoms with Gasteiger partial charge in [0.2, 0.25) is 11.8 Å². The number of benzene rings is 1. The summed E-state index contributed by atoms with van der Waals surface area (Å²) in [5.74, 6) is -0.235. The van der Waals surface area contributed by atoms with Crippen LogP contribution in [-0.2, 0) is 19.1 Å². The minimum absolute atomic E-state index is 0.0977. The highest BCUT2D eigenvalue weighted by atomic mass is 16.5. The van der Waals surface area contributed by atoms with Crippen molar-refractivity contribution in [3.8, 4) is 0 Å². The molecule has 0 saturated carbocycles. The van der Waals surface area contributed by atoms with Gasteiger partial charge in [-0.05, 0) is 11.6 Å². The molecule has 1 saturated heterocycles. The van der Waals surface area contributed by atoms with Crippen molar-refractivity contribution in [2.45, 2.75) is 12.0 Å². The molecule has 1 heterocycles. The zero-order chi connectivity index (χ0) is 17.4. The molecule has 2 amide bonds. The fourth-order valence-electron chi connectivity index (χ4n) is 2.76. The van der Waals surface area contributed by atoms with Crippen molar-refractivity contribution >= 4 is 17.9 Å². The number of morpholine rings is 1. The van der Waals surface area contributed by atoms with Gasteiger partial charge in [0.25, 0.3) is 0 Å². The number of carbonyl (C=O) groups is 2. The Morgan fingerprint density at radius 3 is 2.79 bits per heavy atom. The van der Waals surface area contributed by atoms with Gasteiger partial charge in [0.05, 0.1) is 26.2 Å². The van der Waals surface area contributed by atoms with Gasteiger partial charge in [-0.25, -0.2) is 0 Å². The van der Waals surface area contributed by atoms with Crippen LogP contribution in [0.1, 0.15) is 12.0 Å². The Morgan fingerprint density at radius 2 is 2.12 bits per heavy atom. The molecular weight excluding hydrogens is 308 g/mol. The van der Waals surface area contributed by atoms with E-state index in [4.69, 9.17) is 9.47 Å². The maximum Gasteiger partial charge on any atom is 0.246 e. The Hall–Kier alpha value is -2.18. The Labute approximate surface area is 142 Å². The molecule has 1 fully saturated rings. The third-order valence-corrected chi connectivity index (χ3v) is 3.95. The van der Waals surface area contributed by atoms with Crippen molar-refractivity contribution in [2.24, 2.45) is 0 Å². The number of hydrogen-bond donors (Lipinski definition) is 1. The number of amides is 2. The lowest BCUT2D eigenvalue weighted by molar-refractivity contribution is -0.164. The average molecular weight is 332 g/mol. The third-order valence-electron chi connectivity index (χ3n) is 3.95. The average Bonchev–Trinajstić information content (AvgIpc) is 2.60. The van der Waals surface area contributed by atoms with E-state index in [-0.39, 0.29) is 24.8 Å². The molecule has 1 aliphatic heterocycles. The molecule has 0 aromatic heterocycles. The molecule has 0 bridgehead atoms. The fourth-order valence-corrected chi connectivity index (χ4v) is 2.76. The zero-order valence-corrected chi connectivity index (χ0v) is 14.2. The first-order valence-corrected chi connectivity index (χ1v) is 7.94. The highest BCUT2D eigenvalue weighted by Gasteiger charge is 2.39. The SMILES string of the molecule is CNC(=O)CC1(COC)CN(C(=O)/C=C/c2ccccc2)CCO1. The van der Waals surface area contributed by atoms with Gasteiger partial charge in [0.1, 0.15) is 5.60 Å². The smallest absolute Gasteiger partial charge is 0.246 e. The molecule has 130 valence electrons. The van der Waals surface area contributed by atoms with Crippen molar-refractivity contribution in [3.05, 3.63) is 42.0 Å². The Bertz CT molecular complexity index is 584. The van der Waals surface area contributed by atoms with Crippen LogP contribution in [0, 0.1) is 0 Å². The van der Waals surface area contributed by atoms with Crippen LogP contribution >= 0.6 is 0 Å². The van der Waals surface area contributed by atoms with Crippen LogP contribution in [0.5, 0.6) is 0 Å². The van der Waals surface area contributed by atoms with E-state index in [9.17, 15) is 9.59 Å². The van der Waals surface area contributed by atoms with Crippen molar-refractivity contribution in [2.75, 3.05) is 40.5 Å². The highest BCUT2D eigenvalue weighted by molar-refractivity contribution is 5.92. The molecule has 0 spiro atoms. The predicted octanol–water partition coefficient (Wildman–Crippen LogP) is 1.08. The zero-order valence-electron chi connectivity index (χ0n) is 14.2. The van der Waals surface area contributed by atoms with E-state index in [2.05, 4.69) is 5.32 Å². The van der Waals surface area contributed by atoms with Gasteiger partial charge in [0.15, 0.2) is 0 Å². The molecule has 1 atom stereocenters. The summed E-state index contributed by atoms with van der Waals surface area (Å²) in [7, 11) is 3.14. The summed E-state index contributed by atoms with van der Waals surface area (Å²) in [6.07, 6.45) is 3.50. The van der Waals surface area contributed by atoms with Gasteiger partial charge in [-0.2, -0.15) is 0 Å². The molecule has 0 aliphatic carbocycles. The maximum absolute atomic E-state index is 12.5. The monoisotopic (exact) mass is 332 g/mol. The lowest BCUT2D eigenvalue weighted by Gasteiger charge is -2.41. The van der Waals surface area contributed by atoms with E-state index in [0.29, 0.717) is 19.7 Å². The van der Waals surface area contributed by atoms with Gasteiger partial charge in [-0.15, -0.1) is 0 Å².